The Kier molecular flexibility index (Phi) is 4.51. The van der Waals surface area contributed by atoms with Crippen LogP contribution >= 0.6 is 0 Å². The predicted molar refractivity (Wildman–Crippen MR) is 72.6 cm³/mol. The fourth-order valence-corrected chi connectivity index (χ4v) is 1.65. The third-order valence-corrected chi connectivity index (χ3v) is 2.69. The van der Waals surface area contributed by atoms with E-state index in [0.29, 0.717) is 23.3 Å². The van der Waals surface area contributed by atoms with Crippen LogP contribution in [0.2, 0.25) is 0 Å². The maximum atomic E-state index is 12.8. The Balaban J connectivity index is 2.43. The van der Waals surface area contributed by atoms with Crippen LogP contribution in [0.25, 0.3) is 0 Å². The Morgan fingerprint density at radius 1 is 1.00 bits per heavy atom. The summed E-state index contributed by atoms with van der Waals surface area (Å²) in [5.74, 6) is 6.01. The summed E-state index contributed by atoms with van der Waals surface area (Å²) in [6.07, 6.45) is -2.84. The number of ether oxygens (including phenoxy) is 2. The third-order valence-electron chi connectivity index (χ3n) is 2.69. The molecule has 0 unspecified atom stereocenters. The largest absolute Gasteiger partial charge is 0.497 e. The van der Waals surface area contributed by atoms with Gasteiger partial charge in [-0.15, -0.1) is 0 Å². The standard InChI is InChI=1S/C15H11F3N2O2/c1-21-11-5-10(6-12(7-11)22-2)3-4-14-13(15(16,17)18)8-19-9-20-14/h5-9H,1-2H3. The molecule has 22 heavy (non-hydrogen) atoms. The topological polar surface area (TPSA) is 44.2 Å². The molecule has 0 spiro atoms. The predicted octanol–water partition coefficient (Wildman–Crippen LogP) is 2.91. The van der Waals surface area contributed by atoms with Crippen molar-refractivity contribution >= 4 is 0 Å². The van der Waals surface area contributed by atoms with E-state index in [0.717, 1.165) is 6.33 Å². The van der Waals surface area contributed by atoms with E-state index in [1.165, 1.54) is 14.2 Å². The molecule has 0 aliphatic heterocycles. The molecule has 4 nitrogen and oxygen atoms in total. The fraction of sp³-hybridized carbons (Fsp3) is 0.200. The molecule has 1 aromatic carbocycles. The van der Waals surface area contributed by atoms with Gasteiger partial charge in [-0.25, -0.2) is 9.97 Å². The van der Waals surface area contributed by atoms with E-state index in [4.69, 9.17) is 9.47 Å². The van der Waals surface area contributed by atoms with Gasteiger partial charge in [-0.05, 0) is 18.1 Å². The third kappa shape index (κ3) is 3.67. The Morgan fingerprint density at radius 2 is 1.64 bits per heavy atom. The minimum absolute atomic E-state index is 0.385. The summed E-state index contributed by atoms with van der Waals surface area (Å²) in [6, 6.07) is 4.81. The summed E-state index contributed by atoms with van der Waals surface area (Å²) in [4.78, 5) is 6.96. The number of benzene rings is 1. The Labute approximate surface area is 124 Å². The number of nitrogens with zero attached hydrogens (tertiary/aromatic N) is 2. The molecule has 1 heterocycles. The molecule has 2 rings (SSSR count). The van der Waals surface area contributed by atoms with Crippen molar-refractivity contribution in [3.8, 4) is 23.3 Å². The minimum atomic E-state index is -4.56. The van der Waals surface area contributed by atoms with Gasteiger partial charge in [0.25, 0.3) is 0 Å². The van der Waals surface area contributed by atoms with Crippen molar-refractivity contribution < 1.29 is 22.6 Å². The molecule has 7 heteroatoms. The highest BCUT2D eigenvalue weighted by atomic mass is 19.4. The normalized spacial score (nSPS) is 10.6. The van der Waals surface area contributed by atoms with Gasteiger partial charge in [0.05, 0.1) is 14.2 Å². The molecule has 0 amide bonds. The molecule has 0 fully saturated rings. The second-order valence-corrected chi connectivity index (χ2v) is 4.13. The molecule has 0 atom stereocenters. The van der Waals surface area contributed by atoms with Gasteiger partial charge in [0, 0.05) is 17.8 Å². The monoisotopic (exact) mass is 308 g/mol. The SMILES string of the molecule is COc1cc(C#Cc2ncncc2C(F)(F)F)cc(OC)c1. The van der Waals surface area contributed by atoms with Crippen molar-refractivity contribution in [1.82, 2.24) is 9.97 Å². The van der Waals surface area contributed by atoms with Crippen molar-refractivity contribution in [2.24, 2.45) is 0 Å². The van der Waals surface area contributed by atoms with Gasteiger partial charge in [0.1, 0.15) is 29.1 Å². The molecular formula is C15H11F3N2O2. The van der Waals surface area contributed by atoms with Crippen LogP contribution in [-0.2, 0) is 6.18 Å². The molecule has 1 aromatic heterocycles. The first kappa shape index (κ1) is 15.6. The van der Waals surface area contributed by atoms with Crippen LogP contribution in [0.1, 0.15) is 16.8 Å². The number of halogens is 3. The molecular weight excluding hydrogens is 297 g/mol. The molecule has 2 aromatic rings. The van der Waals surface area contributed by atoms with Gasteiger partial charge < -0.3 is 9.47 Å². The Bertz CT molecular complexity index is 711. The highest BCUT2D eigenvalue weighted by molar-refractivity contribution is 5.49. The lowest BCUT2D eigenvalue weighted by Gasteiger charge is -2.07. The Morgan fingerprint density at radius 3 is 2.18 bits per heavy atom. The molecule has 0 N–H and O–H groups in total. The van der Waals surface area contributed by atoms with Crippen LogP contribution in [0.15, 0.2) is 30.7 Å². The van der Waals surface area contributed by atoms with E-state index in [1.54, 1.807) is 18.2 Å². The van der Waals surface area contributed by atoms with Crippen LogP contribution in [0.5, 0.6) is 11.5 Å². The second-order valence-electron chi connectivity index (χ2n) is 4.13. The molecule has 0 aliphatic rings. The summed E-state index contributed by atoms with van der Waals surface area (Å²) in [6.45, 7) is 0. The summed E-state index contributed by atoms with van der Waals surface area (Å²) < 4.78 is 48.6. The van der Waals surface area contributed by atoms with Crippen molar-refractivity contribution in [2.75, 3.05) is 14.2 Å². The first-order valence-corrected chi connectivity index (χ1v) is 6.06. The van der Waals surface area contributed by atoms with E-state index in [-0.39, 0.29) is 5.69 Å². The van der Waals surface area contributed by atoms with E-state index in [1.807, 2.05) is 0 Å². The Hall–Kier alpha value is -2.75. The first-order valence-electron chi connectivity index (χ1n) is 6.06. The minimum Gasteiger partial charge on any atom is -0.497 e. The van der Waals surface area contributed by atoms with Gasteiger partial charge in [0.2, 0.25) is 0 Å². The average Bonchev–Trinajstić information content (AvgIpc) is 2.52. The van der Waals surface area contributed by atoms with Gasteiger partial charge >= 0.3 is 6.18 Å². The van der Waals surface area contributed by atoms with E-state index >= 15 is 0 Å². The highest BCUT2D eigenvalue weighted by Crippen LogP contribution is 2.30. The van der Waals surface area contributed by atoms with E-state index in [2.05, 4.69) is 21.8 Å². The molecule has 0 radical (unpaired) electrons. The maximum Gasteiger partial charge on any atom is 0.420 e. The van der Waals surface area contributed by atoms with Crippen LogP contribution < -0.4 is 9.47 Å². The lowest BCUT2D eigenvalue weighted by atomic mass is 10.1. The lowest BCUT2D eigenvalue weighted by Crippen LogP contribution is -2.09. The summed E-state index contributed by atoms with van der Waals surface area (Å²) in [5.41, 5.74) is -0.912. The maximum absolute atomic E-state index is 12.8. The van der Waals surface area contributed by atoms with Crippen molar-refractivity contribution in [3.63, 3.8) is 0 Å². The van der Waals surface area contributed by atoms with Gasteiger partial charge in [-0.2, -0.15) is 13.2 Å². The van der Waals surface area contributed by atoms with E-state index < -0.39 is 11.7 Å². The number of alkyl halides is 3. The van der Waals surface area contributed by atoms with Crippen molar-refractivity contribution in [3.05, 3.63) is 47.5 Å². The summed E-state index contributed by atoms with van der Waals surface area (Å²) in [5, 5.41) is 0. The zero-order chi connectivity index (χ0) is 16.2. The molecule has 0 bridgehead atoms. The second kappa shape index (κ2) is 6.35. The molecule has 0 saturated heterocycles. The quantitative estimate of drug-likeness (QED) is 0.800. The van der Waals surface area contributed by atoms with Crippen molar-refractivity contribution in [2.45, 2.75) is 6.18 Å². The van der Waals surface area contributed by atoms with E-state index in [9.17, 15) is 13.2 Å². The number of aromatic nitrogens is 2. The van der Waals surface area contributed by atoms with Crippen LogP contribution in [0, 0.1) is 11.8 Å². The number of methoxy groups -OCH3 is 2. The van der Waals surface area contributed by atoms with Gasteiger partial charge in [0.15, 0.2) is 0 Å². The summed E-state index contributed by atoms with van der Waals surface area (Å²) in [7, 11) is 2.94. The van der Waals surface area contributed by atoms with Crippen molar-refractivity contribution in [1.29, 1.82) is 0 Å². The number of hydrogen-bond acceptors (Lipinski definition) is 4. The zero-order valence-electron chi connectivity index (χ0n) is 11.7. The van der Waals surface area contributed by atoms with Crippen LogP contribution in [-0.4, -0.2) is 24.2 Å². The van der Waals surface area contributed by atoms with Crippen LogP contribution in [0.3, 0.4) is 0 Å². The molecule has 114 valence electrons. The van der Waals surface area contributed by atoms with Crippen LogP contribution in [0.4, 0.5) is 13.2 Å². The lowest BCUT2D eigenvalue weighted by molar-refractivity contribution is -0.138. The summed E-state index contributed by atoms with van der Waals surface area (Å²) >= 11 is 0. The molecule has 0 aliphatic carbocycles. The van der Waals surface area contributed by atoms with Gasteiger partial charge in [-0.1, -0.05) is 5.92 Å². The van der Waals surface area contributed by atoms with Gasteiger partial charge in [-0.3, -0.25) is 0 Å². The fourth-order valence-electron chi connectivity index (χ4n) is 1.65. The first-order chi connectivity index (χ1) is 10.4. The average molecular weight is 308 g/mol. The molecule has 0 saturated carbocycles. The number of hydrogen-bond donors (Lipinski definition) is 0. The highest BCUT2D eigenvalue weighted by Gasteiger charge is 2.34. The number of rotatable bonds is 2. The zero-order valence-corrected chi connectivity index (χ0v) is 11.7. The smallest absolute Gasteiger partial charge is 0.420 e.